The maximum atomic E-state index is 11.6. The molecule has 1 atom stereocenters. The Morgan fingerprint density at radius 2 is 2.00 bits per heavy atom. The summed E-state index contributed by atoms with van der Waals surface area (Å²) in [5, 5.41) is 11.4. The number of hydrogen-bond acceptors (Lipinski definition) is 3. The van der Waals surface area contributed by atoms with Gasteiger partial charge in [-0.1, -0.05) is 25.5 Å². The Kier molecular flexibility index (Phi) is 7.01. The van der Waals surface area contributed by atoms with Gasteiger partial charge in [-0.3, -0.25) is 4.79 Å². The molecule has 5 heteroatoms. The van der Waals surface area contributed by atoms with Gasteiger partial charge in [-0.15, -0.1) is 0 Å². The van der Waals surface area contributed by atoms with Crippen molar-refractivity contribution >= 4 is 18.0 Å². The molecule has 1 aromatic carbocycles. The van der Waals surface area contributed by atoms with Gasteiger partial charge < -0.3 is 15.2 Å². The summed E-state index contributed by atoms with van der Waals surface area (Å²) in [4.78, 5) is 22.0. The van der Waals surface area contributed by atoms with Crippen molar-refractivity contribution in [2.24, 2.45) is 0 Å². The maximum absolute atomic E-state index is 11.6. The number of benzene rings is 1. The molecule has 1 rings (SSSR count). The second-order valence-electron chi connectivity index (χ2n) is 4.79. The predicted molar refractivity (Wildman–Crippen MR) is 81.1 cm³/mol. The SMILES string of the molecule is CCCC(C)NC(=O)COc1ccc(C=CC(=O)O)cc1. The largest absolute Gasteiger partial charge is 0.484 e. The molecule has 0 fully saturated rings. The van der Waals surface area contributed by atoms with Crippen LogP contribution in [0, 0.1) is 0 Å². The first kappa shape index (κ1) is 16.8. The van der Waals surface area contributed by atoms with Crippen LogP contribution in [-0.4, -0.2) is 29.6 Å². The average Bonchev–Trinajstić information content (AvgIpc) is 2.44. The van der Waals surface area contributed by atoms with Crippen LogP contribution in [0.2, 0.25) is 0 Å². The predicted octanol–water partition coefficient (Wildman–Crippen LogP) is 2.47. The molecule has 0 aliphatic carbocycles. The quantitative estimate of drug-likeness (QED) is 0.721. The van der Waals surface area contributed by atoms with E-state index in [1.54, 1.807) is 24.3 Å². The third-order valence-corrected chi connectivity index (χ3v) is 2.80. The van der Waals surface area contributed by atoms with Crippen LogP contribution in [0.15, 0.2) is 30.3 Å². The van der Waals surface area contributed by atoms with E-state index in [1.807, 2.05) is 6.92 Å². The Morgan fingerprint density at radius 3 is 2.57 bits per heavy atom. The molecule has 0 spiro atoms. The number of carbonyl (C=O) groups excluding carboxylic acids is 1. The zero-order valence-corrected chi connectivity index (χ0v) is 12.3. The van der Waals surface area contributed by atoms with Crippen LogP contribution in [-0.2, 0) is 9.59 Å². The van der Waals surface area contributed by atoms with E-state index in [4.69, 9.17) is 9.84 Å². The van der Waals surface area contributed by atoms with E-state index < -0.39 is 5.97 Å². The van der Waals surface area contributed by atoms with Crippen LogP contribution in [0.25, 0.3) is 6.08 Å². The molecular weight excluding hydrogens is 270 g/mol. The molecule has 0 aliphatic rings. The molecule has 2 N–H and O–H groups in total. The minimum atomic E-state index is -0.992. The lowest BCUT2D eigenvalue weighted by molar-refractivity contribution is -0.131. The molecule has 1 aromatic rings. The van der Waals surface area contributed by atoms with Crippen LogP contribution in [0.3, 0.4) is 0 Å². The number of rotatable bonds is 8. The topological polar surface area (TPSA) is 75.6 Å². The Balaban J connectivity index is 2.42. The van der Waals surface area contributed by atoms with E-state index in [1.165, 1.54) is 6.08 Å². The molecule has 0 heterocycles. The fourth-order valence-electron chi connectivity index (χ4n) is 1.81. The van der Waals surface area contributed by atoms with Gasteiger partial charge in [0.2, 0.25) is 0 Å². The molecule has 0 aromatic heterocycles. The Bertz CT molecular complexity index is 494. The molecule has 1 unspecified atom stereocenters. The van der Waals surface area contributed by atoms with Gasteiger partial charge >= 0.3 is 5.97 Å². The van der Waals surface area contributed by atoms with Crippen LogP contribution in [0.4, 0.5) is 0 Å². The summed E-state index contributed by atoms with van der Waals surface area (Å²) < 4.78 is 5.37. The summed E-state index contributed by atoms with van der Waals surface area (Å²) in [6.45, 7) is 4.00. The van der Waals surface area contributed by atoms with Crippen LogP contribution in [0.1, 0.15) is 32.3 Å². The molecule has 0 saturated carbocycles. The van der Waals surface area contributed by atoms with Gasteiger partial charge in [0.25, 0.3) is 5.91 Å². The number of hydrogen-bond donors (Lipinski definition) is 2. The van der Waals surface area contributed by atoms with Crippen molar-refractivity contribution in [3.63, 3.8) is 0 Å². The van der Waals surface area contributed by atoms with Crippen molar-refractivity contribution in [2.75, 3.05) is 6.61 Å². The summed E-state index contributed by atoms with van der Waals surface area (Å²) >= 11 is 0. The number of amides is 1. The third-order valence-electron chi connectivity index (χ3n) is 2.80. The lowest BCUT2D eigenvalue weighted by Crippen LogP contribution is -2.35. The summed E-state index contributed by atoms with van der Waals surface area (Å²) in [7, 11) is 0. The molecule has 0 aliphatic heterocycles. The molecular formula is C16H21NO4. The number of carboxylic acid groups (broad SMARTS) is 1. The molecule has 0 bridgehead atoms. The molecule has 114 valence electrons. The first-order valence-electron chi connectivity index (χ1n) is 6.94. The fourth-order valence-corrected chi connectivity index (χ4v) is 1.81. The van der Waals surface area contributed by atoms with E-state index in [-0.39, 0.29) is 18.6 Å². The summed E-state index contributed by atoms with van der Waals surface area (Å²) in [6.07, 6.45) is 4.52. The first-order chi connectivity index (χ1) is 10.0. The molecule has 0 radical (unpaired) electrons. The number of carboxylic acids is 1. The van der Waals surface area contributed by atoms with E-state index in [0.717, 1.165) is 24.5 Å². The summed E-state index contributed by atoms with van der Waals surface area (Å²) in [5.41, 5.74) is 0.755. The zero-order chi connectivity index (χ0) is 15.7. The smallest absolute Gasteiger partial charge is 0.328 e. The Morgan fingerprint density at radius 1 is 1.33 bits per heavy atom. The van der Waals surface area contributed by atoms with Crippen LogP contribution < -0.4 is 10.1 Å². The third kappa shape index (κ3) is 7.15. The van der Waals surface area contributed by atoms with E-state index in [0.29, 0.717) is 5.75 Å². The Hall–Kier alpha value is -2.30. The highest BCUT2D eigenvalue weighted by Gasteiger charge is 2.07. The second-order valence-corrected chi connectivity index (χ2v) is 4.79. The molecule has 5 nitrogen and oxygen atoms in total. The van der Waals surface area contributed by atoms with Gasteiger partial charge in [-0.05, 0) is 37.1 Å². The standard InChI is InChI=1S/C16H21NO4/c1-3-4-12(2)17-15(18)11-21-14-8-5-13(6-9-14)7-10-16(19)20/h5-10,12H,3-4,11H2,1-2H3,(H,17,18)(H,19,20). The van der Waals surface area contributed by atoms with Gasteiger partial charge in [0.05, 0.1) is 0 Å². The minimum Gasteiger partial charge on any atom is -0.484 e. The van der Waals surface area contributed by atoms with Crippen molar-refractivity contribution in [3.8, 4) is 5.75 Å². The first-order valence-corrected chi connectivity index (χ1v) is 6.94. The lowest BCUT2D eigenvalue weighted by atomic mass is 10.2. The zero-order valence-electron chi connectivity index (χ0n) is 12.3. The number of ether oxygens (including phenoxy) is 1. The normalized spacial score (nSPS) is 12.1. The summed E-state index contributed by atoms with van der Waals surface area (Å²) in [5.74, 6) is -0.570. The molecule has 21 heavy (non-hydrogen) atoms. The summed E-state index contributed by atoms with van der Waals surface area (Å²) in [6, 6.07) is 7.00. The van der Waals surface area contributed by atoms with Crippen molar-refractivity contribution in [1.29, 1.82) is 0 Å². The highest BCUT2D eigenvalue weighted by atomic mass is 16.5. The van der Waals surface area contributed by atoms with Crippen LogP contribution in [0.5, 0.6) is 5.75 Å². The van der Waals surface area contributed by atoms with E-state index in [2.05, 4.69) is 12.2 Å². The number of carbonyl (C=O) groups is 2. The second kappa shape index (κ2) is 8.79. The van der Waals surface area contributed by atoms with Gasteiger partial charge in [0.1, 0.15) is 5.75 Å². The van der Waals surface area contributed by atoms with Gasteiger partial charge in [-0.25, -0.2) is 4.79 Å². The van der Waals surface area contributed by atoms with E-state index >= 15 is 0 Å². The van der Waals surface area contributed by atoms with Gasteiger partial charge in [0, 0.05) is 12.1 Å². The van der Waals surface area contributed by atoms with Gasteiger partial charge in [-0.2, -0.15) is 0 Å². The maximum Gasteiger partial charge on any atom is 0.328 e. The molecule has 0 saturated heterocycles. The Labute approximate surface area is 124 Å². The molecule has 1 amide bonds. The number of nitrogens with one attached hydrogen (secondary N) is 1. The lowest BCUT2D eigenvalue weighted by Gasteiger charge is -2.13. The highest BCUT2D eigenvalue weighted by molar-refractivity contribution is 5.85. The van der Waals surface area contributed by atoms with Crippen molar-refractivity contribution in [3.05, 3.63) is 35.9 Å². The van der Waals surface area contributed by atoms with Gasteiger partial charge in [0.15, 0.2) is 6.61 Å². The van der Waals surface area contributed by atoms with Crippen molar-refractivity contribution in [1.82, 2.24) is 5.32 Å². The minimum absolute atomic E-state index is 0.0294. The van der Waals surface area contributed by atoms with Crippen LogP contribution >= 0.6 is 0 Å². The monoisotopic (exact) mass is 291 g/mol. The van der Waals surface area contributed by atoms with E-state index in [9.17, 15) is 9.59 Å². The van der Waals surface area contributed by atoms with Crippen molar-refractivity contribution < 1.29 is 19.4 Å². The fraction of sp³-hybridized carbons (Fsp3) is 0.375. The number of aliphatic carboxylic acids is 1. The van der Waals surface area contributed by atoms with Crippen molar-refractivity contribution in [2.45, 2.75) is 32.7 Å². The highest BCUT2D eigenvalue weighted by Crippen LogP contribution is 2.13. The average molecular weight is 291 g/mol.